The van der Waals surface area contributed by atoms with Crippen LogP contribution < -0.4 is 0 Å². The van der Waals surface area contributed by atoms with Gasteiger partial charge in [-0.3, -0.25) is 14.0 Å². The first-order chi connectivity index (χ1) is 9.90. The van der Waals surface area contributed by atoms with E-state index in [0.29, 0.717) is 0 Å². The first kappa shape index (κ1) is 15.6. The van der Waals surface area contributed by atoms with Gasteiger partial charge in [0.05, 0.1) is 11.3 Å². The lowest BCUT2D eigenvalue weighted by molar-refractivity contribution is -0.137. The molecule has 5 heteroatoms. The van der Waals surface area contributed by atoms with Crippen molar-refractivity contribution in [3.8, 4) is 0 Å². The smallest absolute Gasteiger partial charge is 0.319 e. The van der Waals surface area contributed by atoms with Gasteiger partial charge >= 0.3 is 5.97 Å². The Morgan fingerprint density at radius 2 is 2.00 bits per heavy atom. The Kier molecular flexibility index (Phi) is 4.73. The molecule has 2 unspecified atom stereocenters. The number of carboxylic acid groups (broad SMARTS) is 1. The van der Waals surface area contributed by atoms with Gasteiger partial charge in [-0.05, 0) is 30.5 Å². The standard InChI is InChI=1S/C16H19NO3S/c1-10(2)15(16(18)19)21(20)9-12-8-11(3)17-14-7-5-4-6-13(12)14/h4-8,10,15H,9H2,1-3H3,(H,18,19). The molecule has 2 aromatic rings. The van der Waals surface area contributed by atoms with Gasteiger partial charge in [-0.1, -0.05) is 32.0 Å². The summed E-state index contributed by atoms with van der Waals surface area (Å²) in [5.41, 5.74) is 2.58. The number of pyridine rings is 1. The normalized spacial score (nSPS) is 14.3. The monoisotopic (exact) mass is 305 g/mol. The molecule has 4 nitrogen and oxygen atoms in total. The van der Waals surface area contributed by atoms with E-state index >= 15 is 0 Å². The highest BCUT2D eigenvalue weighted by Gasteiger charge is 2.28. The van der Waals surface area contributed by atoms with Crippen molar-refractivity contribution in [3.05, 3.63) is 41.6 Å². The highest BCUT2D eigenvalue weighted by Crippen LogP contribution is 2.22. The summed E-state index contributed by atoms with van der Waals surface area (Å²) in [5, 5.41) is 9.34. The van der Waals surface area contributed by atoms with Gasteiger partial charge in [-0.15, -0.1) is 0 Å². The second-order valence-corrected chi connectivity index (χ2v) is 7.03. The molecule has 0 fully saturated rings. The molecule has 1 aromatic heterocycles. The van der Waals surface area contributed by atoms with E-state index in [0.717, 1.165) is 22.2 Å². The summed E-state index contributed by atoms with van der Waals surface area (Å²) in [6.07, 6.45) is 0. The Labute approximate surface area is 126 Å². The average Bonchev–Trinajstić information content (AvgIpc) is 2.37. The van der Waals surface area contributed by atoms with Crippen molar-refractivity contribution in [2.45, 2.75) is 31.8 Å². The minimum atomic E-state index is -1.46. The Bertz CT molecular complexity index is 697. The highest BCUT2D eigenvalue weighted by atomic mass is 32.2. The molecule has 2 rings (SSSR count). The van der Waals surface area contributed by atoms with Crippen LogP contribution in [0.15, 0.2) is 30.3 Å². The molecule has 21 heavy (non-hydrogen) atoms. The van der Waals surface area contributed by atoms with Crippen LogP contribution in [0.2, 0.25) is 0 Å². The largest absolute Gasteiger partial charge is 0.480 e. The number of fused-ring (bicyclic) bond motifs is 1. The van der Waals surface area contributed by atoms with Gasteiger partial charge in [-0.25, -0.2) is 0 Å². The number of carboxylic acids is 1. The zero-order valence-corrected chi connectivity index (χ0v) is 13.2. The Morgan fingerprint density at radius 1 is 1.33 bits per heavy atom. The lowest BCUT2D eigenvalue weighted by atomic mass is 10.1. The third kappa shape index (κ3) is 3.47. The molecule has 0 amide bonds. The zero-order chi connectivity index (χ0) is 15.6. The molecule has 0 saturated heterocycles. The van der Waals surface area contributed by atoms with Gasteiger partial charge < -0.3 is 5.11 Å². The average molecular weight is 305 g/mol. The Hall–Kier alpha value is -1.75. The molecule has 0 radical (unpaired) electrons. The highest BCUT2D eigenvalue weighted by molar-refractivity contribution is 7.85. The molecule has 0 bridgehead atoms. The predicted molar refractivity (Wildman–Crippen MR) is 84.6 cm³/mol. The number of aliphatic carboxylic acids is 1. The Balaban J connectivity index is 2.39. The van der Waals surface area contributed by atoms with Crippen molar-refractivity contribution in [2.24, 2.45) is 5.92 Å². The van der Waals surface area contributed by atoms with Crippen LogP contribution in [-0.2, 0) is 21.3 Å². The third-order valence-electron chi connectivity index (χ3n) is 3.36. The summed E-state index contributed by atoms with van der Waals surface area (Å²) in [7, 11) is -1.46. The second-order valence-electron chi connectivity index (χ2n) is 5.47. The first-order valence-corrected chi connectivity index (χ1v) is 8.23. The number of benzene rings is 1. The predicted octanol–water partition coefficient (Wildman–Crippen LogP) is 2.90. The summed E-state index contributed by atoms with van der Waals surface area (Å²) in [6.45, 7) is 5.45. The summed E-state index contributed by atoms with van der Waals surface area (Å²) in [6, 6.07) is 9.54. The summed E-state index contributed by atoms with van der Waals surface area (Å²) < 4.78 is 12.5. The minimum absolute atomic E-state index is 0.169. The van der Waals surface area contributed by atoms with Gasteiger partial charge in [0.2, 0.25) is 0 Å². The van der Waals surface area contributed by atoms with Crippen LogP contribution in [-0.4, -0.2) is 25.5 Å². The summed E-state index contributed by atoms with van der Waals surface area (Å²) >= 11 is 0. The fourth-order valence-corrected chi connectivity index (χ4v) is 4.02. The van der Waals surface area contributed by atoms with Crippen LogP contribution in [0.5, 0.6) is 0 Å². The number of nitrogens with zero attached hydrogens (tertiary/aromatic N) is 1. The van der Waals surface area contributed by atoms with E-state index in [1.807, 2.05) is 37.3 Å². The van der Waals surface area contributed by atoms with Crippen molar-refractivity contribution in [1.82, 2.24) is 4.98 Å². The molecule has 0 aliphatic carbocycles. The topological polar surface area (TPSA) is 67.3 Å². The fraction of sp³-hybridized carbons (Fsp3) is 0.375. The van der Waals surface area contributed by atoms with E-state index in [9.17, 15) is 14.1 Å². The van der Waals surface area contributed by atoms with Crippen molar-refractivity contribution in [1.29, 1.82) is 0 Å². The minimum Gasteiger partial charge on any atom is -0.480 e. The van der Waals surface area contributed by atoms with E-state index in [1.54, 1.807) is 13.8 Å². The van der Waals surface area contributed by atoms with Crippen molar-refractivity contribution in [2.75, 3.05) is 0 Å². The van der Waals surface area contributed by atoms with E-state index in [4.69, 9.17) is 0 Å². The quantitative estimate of drug-likeness (QED) is 0.922. The van der Waals surface area contributed by atoms with Crippen LogP contribution >= 0.6 is 0 Å². The number of aryl methyl sites for hydroxylation is 1. The van der Waals surface area contributed by atoms with Gasteiger partial charge in [0, 0.05) is 21.9 Å². The number of aromatic nitrogens is 1. The maximum absolute atomic E-state index is 12.5. The fourth-order valence-electron chi connectivity index (χ4n) is 2.46. The molecule has 0 saturated carbocycles. The molecule has 0 spiro atoms. The van der Waals surface area contributed by atoms with Crippen LogP contribution in [0, 0.1) is 12.8 Å². The molecule has 0 aliphatic rings. The molecule has 1 heterocycles. The summed E-state index contributed by atoms with van der Waals surface area (Å²) in [4.78, 5) is 15.7. The third-order valence-corrected chi connectivity index (χ3v) is 5.27. The van der Waals surface area contributed by atoms with Gasteiger partial charge in [0.15, 0.2) is 0 Å². The molecule has 0 aliphatic heterocycles. The van der Waals surface area contributed by atoms with Gasteiger partial charge in [0.25, 0.3) is 0 Å². The molecular formula is C16H19NO3S. The summed E-state index contributed by atoms with van der Waals surface area (Å²) in [5.74, 6) is -0.935. The zero-order valence-electron chi connectivity index (χ0n) is 12.4. The van der Waals surface area contributed by atoms with Crippen LogP contribution in [0.1, 0.15) is 25.1 Å². The molecule has 2 atom stereocenters. The lowest BCUT2D eigenvalue weighted by Crippen LogP contribution is -2.31. The maximum Gasteiger partial charge on any atom is 0.319 e. The van der Waals surface area contributed by atoms with Crippen LogP contribution in [0.25, 0.3) is 10.9 Å². The molecule has 1 aromatic carbocycles. The lowest BCUT2D eigenvalue weighted by Gasteiger charge is -2.16. The maximum atomic E-state index is 12.5. The Morgan fingerprint density at radius 3 is 2.62 bits per heavy atom. The second kappa shape index (κ2) is 6.35. The van der Waals surface area contributed by atoms with E-state index < -0.39 is 22.0 Å². The first-order valence-electron chi connectivity index (χ1n) is 6.85. The van der Waals surface area contributed by atoms with E-state index in [-0.39, 0.29) is 11.7 Å². The van der Waals surface area contributed by atoms with Gasteiger partial charge in [-0.2, -0.15) is 0 Å². The number of hydrogen-bond donors (Lipinski definition) is 1. The molecule has 112 valence electrons. The van der Waals surface area contributed by atoms with Crippen molar-refractivity contribution < 1.29 is 14.1 Å². The van der Waals surface area contributed by atoms with Crippen LogP contribution in [0.3, 0.4) is 0 Å². The molecule has 1 N–H and O–H groups in total. The number of para-hydroxylation sites is 1. The van der Waals surface area contributed by atoms with E-state index in [1.165, 1.54) is 0 Å². The van der Waals surface area contributed by atoms with Crippen molar-refractivity contribution >= 4 is 27.7 Å². The number of rotatable bonds is 5. The number of carbonyl (C=O) groups is 1. The molecular weight excluding hydrogens is 286 g/mol. The van der Waals surface area contributed by atoms with Crippen molar-refractivity contribution in [3.63, 3.8) is 0 Å². The van der Waals surface area contributed by atoms with Gasteiger partial charge in [0.1, 0.15) is 5.25 Å². The van der Waals surface area contributed by atoms with Crippen LogP contribution in [0.4, 0.5) is 0 Å². The SMILES string of the molecule is Cc1cc(CS(=O)C(C(=O)O)C(C)C)c2ccccc2n1. The van der Waals surface area contributed by atoms with E-state index in [2.05, 4.69) is 4.98 Å². The number of hydrogen-bond acceptors (Lipinski definition) is 3.